The van der Waals surface area contributed by atoms with Gasteiger partial charge in [-0.05, 0) is 48.6 Å². The van der Waals surface area contributed by atoms with Crippen LogP contribution in [0.15, 0.2) is 58.5 Å². The first-order chi connectivity index (χ1) is 11.6. The maximum absolute atomic E-state index is 4.52. The van der Waals surface area contributed by atoms with Gasteiger partial charge in [0, 0.05) is 46.9 Å². The van der Waals surface area contributed by atoms with Crippen LogP contribution in [0.5, 0.6) is 0 Å². The highest BCUT2D eigenvalue weighted by Crippen LogP contribution is 2.32. The van der Waals surface area contributed by atoms with E-state index >= 15 is 0 Å². The van der Waals surface area contributed by atoms with Gasteiger partial charge in [0.15, 0.2) is 0 Å². The normalized spacial score (nSPS) is 11.0. The van der Waals surface area contributed by atoms with Gasteiger partial charge in [0.1, 0.15) is 0 Å². The van der Waals surface area contributed by atoms with E-state index < -0.39 is 0 Å². The highest BCUT2D eigenvalue weighted by Gasteiger charge is 2.06. The topological polar surface area (TPSA) is 16.1 Å². The van der Waals surface area contributed by atoms with E-state index in [1.165, 1.54) is 32.0 Å². The molecule has 0 fully saturated rings. The largest absolute Gasteiger partial charge is 0.377 e. The van der Waals surface area contributed by atoms with Crippen molar-refractivity contribution in [1.29, 1.82) is 0 Å². The van der Waals surface area contributed by atoms with Crippen LogP contribution >= 0.6 is 23.5 Å². The molecule has 4 heteroatoms. The van der Waals surface area contributed by atoms with Crippen molar-refractivity contribution in [3.8, 4) is 0 Å². The van der Waals surface area contributed by atoms with E-state index in [1.807, 2.05) is 18.0 Å². The van der Waals surface area contributed by atoms with Gasteiger partial charge >= 0.3 is 0 Å². The third kappa shape index (κ3) is 3.70. The third-order valence-electron chi connectivity index (χ3n) is 4.05. The van der Waals surface area contributed by atoms with Gasteiger partial charge in [0.05, 0.1) is 5.52 Å². The van der Waals surface area contributed by atoms with Crippen molar-refractivity contribution < 1.29 is 0 Å². The first-order valence-electron chi connectivity index (χ1n) is 7.91. The van der Waals surface area contributed by atoms with Crippen molar-refractivity contribution in [3.05, 3.63) is 59.8 Å². The lowest BCUT2D eigenvalue weighted by Crippen LogP contribution is -2.10. The molecule has 0 bridgehead atoms. The molecule has 24 heavy (non-hydrogen) atoms. The summed E-state index contributed by atoms with van der Waals surface area (Å²) in [5, 5.41) is 1.24. The second kappa shape index (κ2) is 7.49. The highest BCUT2D eigenvalue weighted by atomic mass is 32.2. The van der Waals surface area contributed by atoms with Gasteiger partial charge < -0.3 is 4.90 Å². The van der Waals surface area contributed by atoms with Crippen LogP contribution < -0.4 is 4.90 Å². The molecular weight excluding hydrogens is 332 g/mol. The molecule has 0 aliphatic carbocycles. The summed E-state index contributed by atoms with van der Waals surface area (Å²) in [6.45, 7) is 2.18. The monoisotopic (exact) mass is 354 g/mol. The lowest BCUT2D eigenvalue weighted by Gasteiger charge is -2.16. The van der Waals surface area contributed by atoms with Gasteiger partial charge in [-0.3, -0.25) is 4.98 Å². The molecule has 0 radical (unpaired) electrons. The van der Waals surface area contributed by atoms with Crippen LogP contribution in [-0.2, 0) is 5.75 Å². The fourth-order valence-electron chi connectivity index (χ4n) is 2.82. The van der Waals surface area contributed by atoms with Gasteiger partial charge in [-0.2, -0.15) is 0 Å². The number of benzene rings is 2. The molecule has 0 N–H and O–H groups in total. The number of thioether (sulfide) groups is 2. The number of pyridine rings is 1. The number of nitrogens with zero attached hydrogens (tertiary/aromatic N) is 2. The summed E-state index contributed by atoms with van der Waals surface area (Å²) in [7, 11) is 4.17. The van der Waals surface area contributed by atoms with E-state index in [0.717, 1.165) is 11.3 Å². The predicted octanol–water partition coefficient (Wildman–Crippen LogP) is 5.62. The number of anilines is 1. The Kier molecular flexibility index (Phi) is 5.36. The van der Waals surface area contributed by atoms with Crippen molar-refractivity contribution in [2.24, 2.45) is 0 Å². The van der Waals surface area contributed by atoms with Crippen LogP contribution in [0.4, 0.5) is 5.69 Å². The molecule has 0 saturated carbocycles. The number of hydrogen-bond acceptors (Lipinski definition) is 4. The smallest absolute Gasteiger partial charge is 0.0724 e. The Balaban J connectivity index is 1.82. The molecule has 2 aromatic carbocycles. The van der Waals surface area contributed by atoms with Crippen molar-refractivity contribution >= 4 is 40.1 Å². The molecule has 0 spiro atoms. The number of fused-ring (bicyclic) bond motifs is 1. The van der Waals surface area contributed by atoms with Crippen LogP contribution in [0, 0.1) is 6.92 Å². The molecule has 0 unspecified atom stereocenters. The van der Waals surface area contributed by atoms with Crippen LogP contribution in [0.2, 0.25) is 0 Å². The fourth-order valence-corrected chi connectivity index (χ4v) is 4.25. The van der Waals surface area contributed by atoms with Crippen LogP contribution in [0.1, 0.15) is 11.1 Å². The third-order valence-corrected chi connectivity index (χ3v) is 5.92. The Bertz CT molecular complexity index is 859. The lowest BCUT2D eigenvalue weighted by molar-refractivity contribution is 1.11. The second-order valence-corrected chi connectivity index (χ2v) is 7.89. The Morgan fingerprint density at radius 2 is 1.88 bits per heavy atom. The molecule has 0 amide bonds. The molecule has 0 atom stereocenters. The predicted molar refractivity (Wildman–Crippen MR) is 109 cm³/mol. The van der Waals surface area contributed by atoms with Crippen molar-refractivity contribution in [2.45, 2.75) is 22.5 Å². The summed E-state index contributed by atoms with van der Waals surface area (Å²) in [6.07, 6.45) is 4.01. The molecule has 1 aromatic heterocycles. The molecule has 0 aliphatic rings. The van der Waals surface area contributed by atoms with Crippen LogP contribution in [0.3, 0.4) is 0 Å². The maximum atomic E-state index is 4.52. The van der Waals surface area contributed by atoms with Gasteiger partial charge in [0.25, 0.3) is 0 Å². The second-order valence-electron chi connectivity index (χ2n) is 6.00. The first-order valence-corrected chi connectivity index (χ1v) is 10.1. The Morgan fingerprint density at radius 3 is 2.58 bits per heavy atom. The minimum absolute atomic E-state index is 0.970. The van der Waals surface area contributed by atoms with E-state index in [9.17, 15) is 0 Å². The number of rotatable bonds is 5. The first kappa shape index (κ1) is 17.2. The van der Waals surface area contributed by atoms with Gasteiger partial charge in [-0.1, -0.05) is 18.2 Å². The van der Waals surface area contributed by atoms with E-state index in [-0.39, 0.29) is 0 Å². The number of aromatic nitrogens is 1. The molecule has 3 rings (SSSR count). The number of aryl methyl sites for hydroxylation is 1. The maximum Gasteiger partial charge on any atom is 0.0724 e. The molecule has 1 heterocycles. The summed E-state index contributed by atoms with van der Waals surface area (Å²) in [5.74, 6) is 0.970. The summed E-state index contributed by atoms with van der Waals surface area (Å²) in [4.78, 5) is 9.23. The van der Waals surface area contributed by atoms with Crippen LogP contribution in [0.25, 0.3) is 10.9 Å². The Morgan fingerprint density at radius 1 is 1.04 bits per heavy atom. The molecule has 124 valence electrons. The van der Waals surface area contributed by atoms with E-state index in [4.69, 9.17) is 0 Å². The zero-order valence-electron chi connectivity index (χ0n) is 14.5. The summed E-state index contributed by atoms with van der Waals surface area (Å²) in [5.41, 5.74) is 5.03. The summed E-state index contributed by atoms with van der Waals surface area (Å²) >= 11 is 3.63. The van der Waals surface area contributed by atoms with E-state index in [2.05, 4.69) is 79.6 Å². The zero-order valence-corrected chi connectivity index (χ0v) is 16.2. The molecule has 2 nitrogen and oxygen atoms in total. The average molecular weight is 355 g/mol. The molecule has 0 saturated heterocycles. The molecular formula is C20H22N2S2. The SMILES string of the molecule is CSc1ccc2c(SCc3ccc(N(C)C)c(C)c3)ccnc2c1. The molecule has 3 aromatic rings. The lowest BCUT2D eigenvalue weighted by atomic mass is 10.1. The quantitative estimate of drug-likeness (QED) is 0.552. The van der Waals surface area contributed by atoms with Gasteiger partial charge in [-0.15, -0.1) is 23.5 Å². The van der Waals surface area contributed by atoms with Crippen LogP contribution in [-0.4, -0.2) is 25.3 Å². The highest BCUT2D eigenvalue weighted by molar-refractivity contribution is 7.99. The number of hydrogen-bond donors (Lipinski definition) is 0. The minimum atomic E-state index is 0.970. The Labute approximate surface area is 152 Å². The van der Waals surface area contributed by atoms with E-state index in [1.54, 1.807) is 11.8 Å². The fraction of sp³-hybridized carbons (Fsp3) is 0.250. The van der Waals surface area contributed by atoms with E-state index in [0.29, 0.717) is 0 Å². The van der Waals surface area contributed by atoms with Gasteiger partial charge in [0.2, 0.25) is 0 Å². The molecule has 0 aliphatic heterocycles. The van der Waals surface area contributed by atoms with Crippen molar-refractivity contribution in [1.82, 2.24) is 4.98 Å². The summed E-state index contributed by atoms with van der Waals surface area (Å²) < 4.78 is 0. The minimum Gasteiger partial charge on any atom is -0.377 e. The van der Waals surface area contributed by atoms with Crippen molar-refractivity contribution in [2.75, 3.05) is 25.3 Å². The Hall–Kier alpha value is -1.65. The zero-order chi connectivity index (χ0) is 17.1. The van der Waals surface area contributed by atoms with Crippen molar-refractivity contribution in [3.63, 3.8) is 0 Å². The standard InChI is InChI=1S/C20H22N2S2/c1-14-11-15(5-8-19(14)22(2)3)13-24-20-9-10-21-18-12-16(23-4)6-7-17(18)20/h5-12H,13H2,1-4H3. The average Bonchev–Trinajstić information content (AvgIpc) is 2.59. The summed E-state index contributed by atoms with van der Waals surface area (Å²) in [6, 6.07) is 15.4. The van der Waals surface area contributed by atoms with Gasteiger partial charge in [-0.25, -0.2) is 0 Å².